The molecule has 1 N–H and O–H groups in total. The molecular formula is C16H21ClN2OS2. The minimum Gasteiger partial charge on any atom is -0.332 e. The van der Waals surface area contributed by atoms with Crippen molar-refractivity contribution in [1.82, 2.24) is 10.2 Å². The van der Waals surface area contributed by atoms with Crippen LogP contribution in [0, 0.1) is 5.92 Å². The third kappa shape index (κ3) is 4.56. The summed E-state index contributed by atoms with van der Waals surface area (Å²) in [7, 11) is 0. The Balaban J connectivity index is 0.00000176. The molecule has 0 aromatic carbocycles. The summed E-state index contributed by atoms with van der Waals surface area (Å²) in [5.41, 5.74) is 0. The van der Waals surface area contributed by atoms with Gasteiger partial charge < -0.3 is 10.2 Å². The van der Waals surface area contributed by atoms with E-state index in [0.29, 0.717) is 5.91 Å². The van der Waals surface area contributed by atoms with Crippen LogP contribution in [0.5, 0.6) is 0 Å². The molecule has 6 heteroatoms. The van der Waals surface area contributed by atoms with Crippen LogP contribution in [0.15, 0.2) is 35.0 Å². The van der Waals surface area contributed by atoms with Crippen molar-refractivity contribution in [2.45, 2.75) is 25.9 Å². The van der Waals surface area contributed by atoms with Gasteiger partial charge in [-0.25, -0.2) is 0 Å². The molecule has 1 fully saturated rings. The van der Waals surface area contributed by atoms with Crippen LogP contribution in [0.1, 0.15) is 22.6 Å². The fourth-order valence-electron chi connectivity index (χ4n) is 2.72. The van der Waals surface area contributed by atoms with Gasteiger partial charge in [0.1, 0.15) is 0 Å². The molecule has 1 amide bonds. The molecule has 1 aliphatic rings. The lowest BCUT2D eigenvalue weighted by Gasteiger charge is -2.29. The summed E-state index contributed by atoms with van der Waals surface area (Å²) in [6, 6.07) is 8.33. The molecule has 3 heterocycles. The molecule has 3 nitrogen and oxygen atoms in total. The van der Waals surface area contributed by atoms with Gasteiger partial charge >= 0.3 is 0 Å². The Bertz CT molecular complexity index is 514. The minimum absolute atomic E-state index is 0. The van der Waals surface area contributed by atoms with E-state index in [1.807, 2.05) is 4.90 Å². The molecule has 1 aliphatic heterocycles. The van der Waals surface area contributed by atoms with Crippen LogP contribution in [-0.4, -0.2) is 23.9 Å². The second-order valence-corrected chi connectivity index (χ2v) is 7.44. The van der Waals surface area contributed by atoms with Crippen LogP contribution in [-0.2, 0) is 17.9 Å². The average Bonchev–Trinajstić information content (AvgIpc) is 3.20. The van der Waals surface area contributed by atoms with Crippen LogP contribution in [0.25, 0.3) is 0 Å². The Kier molecular flexibility index (Phi) is 6.89. The Morgan fingerprint density at radius 2 is 1.64 bits per heavy atom. The summed E-state index contributed by atoms with van der Waals surface area (Å²) >= 11 is 3.45. The second-order valence-electron chi connectivity index (χ2n) is 5.38. The Hall–Kier alpha value is -0.880. The van der Waals surface area contributed by atoms with Crippen molar-refractivity contribution in [3.8, 4) is 0 Å². The van der Waals surface area contributed by atoms with Gasteiger partial charge in [-0.05, 0) is 48.8 Å². The Morgan fingerprint density at radius 3 is 2.09 bits per heavy atom. The number of nitrogens with one attached hydrogen (secondary N) is 1. The van der Waals surface area contributed by atoms with E-state index >= 15 is 0 Å². The third-order valence-corrected chi connectivity index (χ3v) is 5.58. The number of rotatable bonds is 5. The molecule has 0 saturated carbocycles. The van der Waals surface area contributed by atoms with Crippen molar-refractivity contribution in [2.75, 3.05) is 13.1 Å². The molecule has 0 bridgehead atoms. The predicted molar refractivity (Wildman–Crippen MR) is 95.7 cm³/mol. The maximum absolute atomic E-state index is 12.9. The molecule has 0 aliphatic carbocycles. The first-order chi connectivity index (χ1) is 10.3. The van der Waals surface area contributed by atoms with Gasteiger partial charge in [0.25, 0.3) is 0 Å². The van der Waals surface area contributed by atoms with Gasteiger partial charge in [0.05, 0.1) is 13.1 Å². The van der Waals surface area contributed by atoms with E-state index in [0.717, 1.165) is 39.0 Å². The van der Waals surface area contributed by atoms with Crippen molar-refractivity contribution in [3.63, 3.8) is 0 Å². The van der Waals surface area contributed by atoms with E-state index < -0.39 is 0 Å². The summed E-state index contributed by atoms with van der Waals surface area (Å²) in [4.78, 5) is 17.4. The van der Waals surface area contributed by atoms with Gasteiger partial charge in [0.15, 0.2) is 0 Å². The zero-order chi connectivity index (χ0) is 14.5. The lowest BCUT2D eigenvalue weighted by atomic mass is 9.96. The number of nitrogens with zero attached hydrogens (tertiary/aromatic N) is 1. The van der Waals surface area contributed by atoms with Crippen molar-refractivity contribution in [3.05, 3.63) is 44.8 Å². The first kappa shape index (κ1) is 17.5. The summed E-state index contributed by atoms with van der Waals surface area (Å²) in [5.74, 6) is 0.504. The molecule has 0 atom stereocenters. The van der Waals surface area contributed by atoms with Gasteiger partial charge in [-0.15, -0.1) is 35.1 Å². The Labute approximate surface area is 145 Å². The highest BCUT2D eigenvalue weighted by Crippen LogP contribution is 2.22. The van der Waals surface area contributed by atoms with Gasteiger partial charge in [-0.2, -0.15) is 0 Å². The van der Waals surface area contributed by atoms with E-state index in [9.17, 15) is 4.79 Å². The van der Waals surface area contributed by atoms with Gasteiger partial charge in [-0.1, -0.05) is 12.1 Å². The van der Waals surface area contributed by atoms with Gasteiger partial charge in [-0.3, -0.25) is 4.79 Å². The fraction of sp³-hybridized carbons (Fsp3) is 0.438. The molecule has 2 aromatic heterocycles. The zero-order valence-corrected chi connectivity index (χ0v) is 14.8. The average molecular weight is 357 g/mol. The smallest absolute Gasteiger partial charge is 0.226 e. The number of hydrogen-bond donors (Lipinski definition) is 1. The molecule has 22 heavy (non-hydrogen) atoms. The molecular weight excluding hydrogens is 336 g/mol. The Morgan fingerprint density at radius 1 is 1.09 bits per heavy atom. The van der Waals surface area contributed by atoms with E-state index in [1.165, 1.54) is 9.75 Å². The maximum atomic E-state index is 12.9. The quantitative estimate of drug-likeness (QED) is 0.884. The molecule has 1 saturated heterocycles. The van der Waals surface area contributed by atoms with Crippen molar-refractivity contribution < 1.29 is 4.79 Å². The molecule has 120 valence electrons. The predicted octanol–water partition coefficient (Wildman–Crippen LogP) is 3.76. The number of piperidine rings is 1. The van der Waals surface area contributed by atoms with E-state index in [4.69, 9.17) is 0 Å². The summed E-state index contributed by atoms with van der Waals surface area (Å²) < 4.78 is 0. The molecule has 0 unspecified atom stereocenters. The summed E-state index contributed by atoms with van der Waals surface area (Å²) in [6.07, 6.45) is 1.93. The van der Waals surface area contributed by atoms with E-state index in [-0.39, 0.29) is 18.3 Å². The monoisotopic (exact) mass is 356 g/mol. The standard InChI is InChI=1S/C16H20N2OS2.ClH/c19-16(13-5-7-17-8-6-13)18(11-14-3-1-9-20-14)12-15-4-2-10-21-15;/h1-4,9-10,13,17H,5-8,11-12H2;1H. The van der Waals surface area contributed by atoms with Crippen LogP contribution >= 0.6 is 35.1 Å². The molecule has 0 radical (unpaired) electrons. The van der Waals surface area contributed by atoms with Crippen molar-refractivity contribution >= 4 is 41.0 Å². The van der Waals surface area contributed by atoms with E-state index in [1.54, 1.807) is 22.7 Å². The number of hydrogen-bond acceptors (Lipinski definition) is 4. The normalized spacial score (nSPS) is 15.3. The van der Waals surface area contributed by atoms with Crippen molar-refractivity contribution in [1.29, 1.82) is 0 Å². The largest absolute Gasteiger partial charge is 0.332 e. The van der Waals surface area contributed by atoms with Crippen molar-refractivity contribution in [2.24, 2.45) is 5.92 Å². The molecule has 3 rings (SSSR count). The van der Waals surface area contributed by atoms with Crippen LogP contribution in [0.4, 0.5) is 0 Å². The number of carbonyl (C=O) groups is 1. The lowest BCUT2D eigenvalue weighted by molar-refractivity contribution is -0.137. The highest BCUT2D eigenvalue weighted by atomic mass is 35.5. The van der Waals surface area contributed by atoms with Crippen LogP contribution in [0.3, 0.4) is 0 Å². The summed E-state index contributed by atoms with van der Waals surface area (Å²) in [6.45, 7) is 3.39. The highest BCUT2D eigenvalue weighted by Gasteiger charge is 2.26. The zero-order valence-electron chi connectivity index (χ0n) is 12.4. The second kappa shape index (κ2) is 8.67. The number of halogens is 1. The molecule has 2 aromatic rings. The third-order valence-electron chi connectivity index (χ3n) is 3.85. The number of carbonyl (C=O) groups excluding carboxylic acids is 1. The fourth-order valence-corrected chi connectivity index (χ4v) is 4.16. The first-order valence-electron chi connectivity index (χ1n) is 7.37. The molecule has 0 spiro atoms. The number of amides is 1. The van der Waals surface area contributed by atoms with Gasteiger partial charge in [0.2, 0.25) is 5.91 Å². The minimum atomic E-state index is 0. The first-order valence-corrected chi connectivity index (χ1v) is 9.13. The van der Waals surface area contributed by atoms with Gasteiger partial charge in [0, 0.05) is 15.7 Å². The van der Waals surface area contributed by atoms with E-state index in [2.05, 4.69) is 40.3 Å². The summed E-state index contributed by atoms with van der Waals surface area (Å²) in [5, 5.41) is 7.49. The maximum Gasteiger partial charge on any atom is 0.226 e. The lowest BCUT2D eigenvalue weighted by Crippen LogP contribution is -2.40. The van der Waals surface area contributed by atoms with Crippen LogP contribution in [0.2, 0.25) is 0 Å². The topological polar surface area (TPSA) is 32.3 Å². The van der Waals surface area contributed by atoms with Crippen LogP contribution < -0.4 is 5.32 Å². The highest BCUT2D eigenvalue weighted by molar-refractivity contribution is 7.10. The SMILES string of the molecule is Cl.O=C(C1CCNCC1)N(Cc1cccs1)Cc1cccs1. The number of thiophene rings is 2.